The number of carbonyl (C=O) groups excluding carboxylic acids is 1. The number of hydrogen-bond donors (Lipinski definition) is 1. The van der Waals surface area contributed by atoms with Crippen molar-refractivity contribution in [2.75, 3.05) is 32.8 Å². The Kier molecular flexibility index (Phi) is 9.08. The summed E-state index contributed by atoms with van der Waals surface area (Å²) in [5.74, 6) is 0.681. The summed E-state index contributed by atoms with van der Waals surface area (Å²) in [6.45, 7) is 9.33. The first-order valence-corrected chi connectivity index (χ1v) is 15.9. The third-order valence-corrected chi connectivity index (χ3v) is 8.34. The second kappa shape index (κ2) is 13.0. The molecule has 5 heterocycles. The van der Waals surface area contributed by atoms with E-state index in [2.05, 4.69) is 20.7 Å². The van der Waals surface area contributed by atoms with Gasteiger partial charge in [0.1, 0.15) is 11.3 Å². The molecule has 0 radical (unpaired) electrons. The Morgan fingerprint density at radius 3 is 2.69 bits per heavy atom. The number of nitrogens with zero attached hydrogens (tertiary/aromatic N) is 8. The second-order valence-corrected chi connectivity index (χ2v) is 13.0. The van der Waals surface area contributed by atoms with Crippen molar-refractivity contribution in [1.82, 2.24) is 44.4 Å². The number of fused-ring (bicyclic) bond motifs is 1. The fourth-order valence-corrected chi connectivity index (χ4v) is 6.10. The van der Waals surface area contributed by atoms with Gasteiger partial charge >= 0.3 is 12.3 Å². The van der Waals surface area contributed by atoms with Crippen LogP contribution >= 0.6 is 11.6 Å². The van der Waals surface area contributed by atoms with Gasteiger partial charge in [-0.3, -0.25) is 4.79 Å². The molecule has 1 saturated heterocycles. The summed E-state index contributed by atoms with van der Waals surface area (Å²) >= 11 is 6.23. The van der Waals surface area contributed by atoms with Crippen LogP contribution < -0.4 is 10.9 Å². The third-order valence-electron chi connectivity index (χ3n) is 8.03. The third kappa shape index (κ3) is 6.82. The van der Waals surface area contributed by atoms with Crippen LogP contribution in [0, 0.1) is 0 Å². The van der Waals surface area contributed by atoms with Gasteiger partial charge in [-0.2, -0.15) is 22.7 Å². The van der Waals surface area contributed by atoms with Crippen LogP contribution in [0.4, 0.5) is 18.0 Å². The van der Waals surface area contributed by atoms with Crippen molar-refractivity contribution in [3.8, 4) is 5.69 Å². The van der Waals surface area contributed by atoms with E-state index in [-0.39, 0.29) is 35.1 Å². The molecule has 6 rings (SSSR count). The highest BCUT2D eigenvalue weighted by Gasteiger charge is 2.34. The van der Waals surface area contributed by atoms with Crippen molar-refractivity contribution in [1.29, 1.82) is 0 Å². The van der Waals surface area contributed by atoms with E-state index in [4.69, 9.17) is 26.1 Å². The summed E-state index contributed by atoms with van der Waals surface area (Å²) in [5, 5.41) is 16.3. The molecule has 4 aromatic rings. The SMILES string of the molecule is CCc1c(C2CN(C(=O)OC(C)(C)C)CCN2)c(=O)n2nc(C3=CCOCC3)nc2n1Cc1cn(-c2ccc(C(F)(F)F)cc2Cl)nn1. The van der Waals surface area contributed by atoms with Crippen LogP contribution in [0.2, 0.25) is 5.02 Å². The number of piperazine rings is 1. The Hall–Kier alpha value is -4.28. The minimum Gasteiger partial charge on any atom is -0.444 e. The van der Waals surface area contributed by atoms with Crippen LogP contribution in [0.15, 0.2) is 35.3 Å². The normalized spacial score (nSPS) is 17.5. The zero-order valence-electron chi connectivity index (χ0n) is 26.8. The second-order valence-electron chi connectivity index (χ2n) is 12.6. The first-order chi connectivity index (χ1) is 22.7. The van der Waals surface area contributed by atoms with Gasteiger partial charge in [0.15, 0.2) is 5.82 Å². The number of hydrogen-bond acceptors (Lipinski definition) is 9. The van der Waals surface area contributed by atoms with E-state index < -0.39 is 29.5 Å². The molecule has 17 heteroatoms. The highest BCUT2D eigenvalue weighted by Crippen LogP contribution is 2.33. The molecule has 13 nitrogen and oxygen atoms in total. The standard InChI is InChI=1S/C31H35ClF3N9O4/c1-5-23-25(22-17-41(11-10-36-22)29(46)48-30(2,3)4)27(45)44-28(37-26(39-44)18-8-12-47-13-9-18)42(23)15-20-16-43(40-38-20)24-7-6-19(14-21(24)32)31(33,34)35/h6-8,14,16,22,36H,5,9-13,15,17H2,1-4H3. The van der Waals surface area contributed by atoms with Gasteiger partial charge in [0.2, 0.25) is 5.78 Å². The van der Waals surface area contributed by atoms with Gasteiger partial charge < -0.3 is 24.3 Å². The number of nitrogens with one attached hydrogen (secondary N) is 1. The predicted octanol–water partition coefficient (Wildman–Crippen LogP) is 4.44. The van der Waals surface area contributed by atoms with E-state index in [1.165, 1.54) is 15.3 Å². The van der Waals surface area contributed by atoms with Crippen molar-refractivity contribution >= 4 is 29.0 Å². The van der Waals surface area contributed by atoms with Gasteiger partial charge in [0, 0.05) is 25.3 Å². The summed E-state index contributed by atoms with van der Waals surface area (Å²) in [6.07, 6.45) is -0.575. The van der Waals surface area contributed by atoms with Gasteiger partial charge in [-0.1, -0.05) is 29.8 Å². The molecule has 1 aromatic carbocycles. The van der Waals surface area contributed by atoms with Crippen LogP contribution in [0.5, 0.6) is 0 Å². The molecule has 1 atom stereocenters. The lowest BCUT2D eigenvalue weighted by molar-refractivity contribution is -0.137. The number of aromatic nitrogens is 7. The maximum absolute atomic E-state index is 14.2. The van der Waals surface area contributed by atoms with Gasteiger partial charge in [-0.25, -0.2) is 9.48 Å². The molecular weight excluding hydrogens is 655 g/mol. The lowest BCUT2D eigenvalue weighted by atomic mass is 10.0. The van der Waals surface area contributed by atoms with Crippen molar-refractivity contribution in [2.24, 2.45) is 0 Å². The Balaban J connectivity index is 1.43. The van der Waals surface area contributed by atoms with Gasteiger partial charge in [0.05, 0.1) is 53.8 Å². The van der Waals surface area contributed by atoms with Crippen LogP contribution in [-0.4, -0.2) is 83.6 Å². The molecule has 2 aliphatic heterocycles. The van der Waals surface area contributed by atoms with E-state index in [0.717, 1.165) is 17.7 Å². The van der Waals surface area contributed by atoms with Crippen molar-refractivity contribution in [3.05, 3.63) is 74.2 Å². The molecule has 2 aliphatic rings. The summed E-state index contributed by atoms with van der Waals surface area (Å²) in [4.78, 5) is 33.6. The average molecular weight is 690 g/mol. The minimum atomic E-state index is -4.55. The molecule has 0 saturated carbocycles. The number of halogens is 4. The average Bonchev–Trinajstić information content (AvgIpc) is 3.69. The number of alkyl halides is 3. The van der Waals surface area contributed by atoms with Crippen molar-refractivity contribution < 1.29 is 27.4 Å². The predicted molar refractivity (Wildman–Crippen MR) is 169 cm³/mol. The quantitative estimate of drug-likeness (QED) is 0.312. The van der Waals surface area contributed by atoms with Gasteiger partial charge in [-0.05, 0) is 57.4 Å². The molecule has 0 aliphatic carbocycles. The first-order valence-electron chi connectivity index (χ1n) is 15.5. The zero-order valence-corrected chi connectivity index (χ0v) is 27.6. The van der Waals surface area contributed by atoms with E-state index >= 15 is 0 Å². The van der Waals surface area contributed by atoms with E-state index in [1.54, 1.807) is 31.9 Å². The Bertz CT molecular complexity index is 1940. The maximum Gasteiger partial charge on any atom is 0.416 e. The largest absolute Gasteiger partial charge is 0.444 e. The number of ether oxygens (including phenoxy) is 2. The van der Waals surface area contributed by atoms with Crippen LogP contribution in [0.3, 0.4) is 0 Å². The highest BCUT2D eigenvalue weighted by molar-refractivity contribution is 6.32. The number of amides is 1. The molecule has 1 unspecified atom stereocenters. The molecule has 1 fully saturated rings. The molecule has 1 N–H and O–H groups in total. The summed E-state index contributed by atoms with van der Waals surface area (Å²) < 4.78 is 55.1. The molecular formula is C31H35ClF3N9O4. The van der Waals surface area contributed by atoms with Crippen molar-refractivity contribution in [3.63, 3.8) is 0 Å². The molecule has 48 heavy (non-hydrogen) atoms. The fourth-order valence-electron chi connectivity index (χ4n) is 5.84. The van der Waals surface area contributed by atoms with Gasteiger partial charge in [-0.15, -0.1) is 10.2 Å². The summed E-state index contributed by atoms with van der Waals surface area (Å²) in [5.41, 5.74) is 0.644. The number of rotatable bonds is 6. The molecule has 0 bridgehead atoms. The van der Waals surface area contributed by atoms with E-state index in [9.17, 15) is 22.8 Å². The van der Waals surface area contributed by atoms with Crippen LogP contribution in [-0.2, 0) is 28.6 Å². The van der Waals surface area contributed by atoms with Crippen LogP contribution in [0.25, 0.3) is 17.0 Å². The zero-order chi connectivity index (χ0) is 34.4. The molecule has 1 amide bonds. The Labute approximate surface area is 278 Å². The highest BCUT2D eigenvalue weighted by atomic mass is 35.5. The van der Waals surface area contributed by atoms with Crippen LogP contribution in [0.1, 0.15) is 68.5 Å². The maximum atomic E-state index is 14.2. The van der Waals surface area contributed by atoms with Gasteiger partial charge in [0.25, 0.3) is 5.56 Å². The topological polar surface area (TPSA) is 134 Å². The monoisotopic (exact) mass is 689 g/mol. The van der Waals surface area contributed by atoms with E-state index in [1.807, 2.05) is 17.6 Å². The van der Waals surface area contributed by atoms with E-state index in [0.29, 0.717) is 61.9 Å². The molecule has 0 spiro atoms. The molecule has 256 valence electrons. The lowest BCUT2D eigenvalue weighted by Gasteiger charge is -2.35. The smallest absolute Gasteiger partial charge is 0.416 e. The Morgan fingerprint density at radius 2 is 2.02 bits per heavy atom. The minimum absolute atomic E-state index is 0.0982. The fraction of sp³-hybridized carbons (Fsp3) is 0.484. The Morgan fingerprint density at radius 1 is 1.23 bits per heavy atom. The molecule has 3 aromatic heterocycles. The lowest BCUT2D eigenvalue weighted by Crippen LogP contribution is -2.51. The summed E-state index contributed by atoms with van der Waals surface area (Å²) in [7, 11) is 0. The van der Waals surface area contributed by atoms with Crippen molar-refractivity contribution in [2.45, 2.75) is 64.9 Å². The number of benzene rings is 1. The number of carbonyl (C=O) groups is 1. The summed E-state index contributed by atoms with van der Waals surface area (Å²) in [6, 6.07) is 2.45. The first kappa shape index (κ1) is 33.6.